The first-order chi connectivity index (χ1) is 15.0. The number of hydrogen-bond acceptors (Lipinski definition) is 5. The quantitative estimate of drug-likeness (QED) is 0.172. The predicted molar refractivity (Wildman–Crippen MR) is 117 cm³/mol. The predicted octanol–water partition coefficient (Wildman–Crippen LogP) is -0.699. The van der Waals surface area contributed by atoms with E-state index in [4.69, 9.17) is 5.73 Å². The second kappa shape index (κ2) is 12.3. The van der Waals surface area contributed by atoms with Crippen molar-refractivity contribution >= 4 is 35.0 Å². The van der Waals surface area contributed by atoms with Gasteiger partial charge in [-0.05, 0) is 44.5 Å². The number of rotatable bonds is 14. The van der Waals surface area contributed by atoms with Crippen molar-refractivity contribution in [2.45, 2.75) is 37.8 Å². The molecule has 2 rings (SSSR count). The van der Waals surface area contributed by atoms with Gasteiger partial charge in [-0.25, -0.2) is 0 Å². The highest BCUT2D eigenvalue weighted by Gasteiger charge is 2.26. The van der Waals surface area contributed by atoms with Crippen molar-refractivity contribution < 1.29 is 19.2 Å². The van der Waals surface area contributed by atoms with E-state index in [-0.39, 0.29) is 13.0 Å². The summed E-state index contributed by atoms with van der Waals surface area (Å²) in [5.74, 6) is -1.66. The lowest BCUT2D eigenvalue weighted by molar-refractivity contribution is -0.131. The van der Waals surface area contributed by atoms with Gasteiger partial charge in [-0.3, -0.25) is 19.2 Å². The summed E-state index contributed by atoms with van der Waals surface area (Å²) in [5.41, 5.74) is 7.21. The minimum atomic E-state index is -0.945. The van der Waals surface area contributed by atoms with Crippen molar-refractivity contribution in [2.75, 3.05) is 20.1 Å². The summed E-state index contributed by atoms with van der Waals surface area (Å²) in [6.45, 7) is 0.535. The molecule has 7 N–H and O–H groups in total. The Balaban J connectivity index is 2.13. The van der Waals surface area contributed by atoms with Crippen molar-refractivity contribution in [3.63, 3.8) is 0 Å². The molecule has 1 aromatic heterocycles. The van der Waals surface area contributed by atoms with Crippen LogP contribution >= 0.6 is 0 Å². The molecule has 4 amide bonds. The fraction of sp³-hybridized carbons (Fsp3) is 0.429. The second-order valence-corrected chi connectivity index (χ2v) is 7.25. The standard InChI is InChI=1S/C21H30N6O4/c1-23-9-5-4-8-17(20(22)30)27-21(31)18(26-19(29)12-24-13-28)10-14-11-25-16-7-3-2-6-15(14)16/h2-3,6-7,11,13,17-18,23,25H,4-5,8-10,12H2,1H3,(H2,22,30)(H,24,28)(H,26,29)(H,27,31). The van der Waals surface area contributed by atoms with Gasteiger partial charge < -0.3 is 32.0 Å². The maximum atomic E-state index is 13.0. The number of para-hydroxylation sites is 1. The van der Waals surface area contributed by atoms with Gasteiger partial charge in [0.15, 0.2) is 0 Å². The van der Waals surface area contributed by atoms with Gasteiger partial charge in [-0.1, -0.05) is 18.2 Å². The third kappa shape index (κ3) is 7.41. The Kier molecular flexibility index (Phi) is 9.50. The summed E-state index contributed by atoms with van der Waals surface area (Å²) in [6, 6.07) is 5.83. The Morgan fingerprint density at radius 2 is 1.90 bits per heavy atom. The monoisotopic (exact) mass is 430 g/mol. The number of nitrogens with two attached hydrogens (primary N) is 1. The molecule has 0 aliphatic heterocycles. The molecule has 31 heavy (non-hydrogen) atoms. The fourth-order valence-corrected chi connectivity index (χ4v) is 3.32. The van der Waals surface area contributed by atoms with E-state index >= 15 is 0 Å². The summed E-state index contributed by atoms with van der Waals surface area (Å²) in [4.78, 5) is 50.6. The molecule has 0 bridgehead atoms. The van der Waals surface area contributed by atoms with Gasteiger partial charge in [0.05, 0.1) is 6.54 Å². The van der Waals surface area contributed by atoms with Crippen LogP contribution in [0.3, 0.4) is 0 Å². The molecule has 0 fully saturated rings. The summed E-state index contributed by atoms with van der Waals surface area (Å²) in [5, 5.41) is 11.5. The summed E-state index contributed by atoms with van der Waals surface area (Å²) >= 11 is 0. The molecule has 2 atom stereocenters. The number of H-pyrrole nitrogens is 1. The first-order valence-corrected chi connectivity index (χ1v) is 10.2. The number of carbonyl (C=O) groups excluding carboxylic acids is 4. The lowest BCUT2D eigenvalue weighted by Gasteiger charge is -2.22. The number of carbonyl (C=O) groups is 4. The van der Waals surface area contributed by atoms with Crippen LogP contribution < -0.4 is 27.0 Å². The van der Waals surface area contributed by atoms with Crippen molar-refractivity contribution in [1.29, 1.82) is 0 Å². The van der Waals surface area contributed by atoms with E-state index < -0.39 is 29.8 Å². The summed E-state index contributed by atoms with van der Waals surface area (Å²) in [6.07, 6.45) is 4.34. The Bertz CT molecular complexity index is 897. The molecule has 2 aromatic rings. The molecule has 10 nitrogen and oxygen atoms in total. The first-order valence-electron chi connectivity index (χ1n) is 10.2. The van der Waals surface area contributed by atoms with E-state index in [1.165, 1.54) is 0 Å². The van der Waals surface area contributed by atoms with Crippen molar-refractivity contribution in [1.82, 2.24) is 26.3 Å². The molecular formula is C21H30N6O4. The van der Waals surface area contributed by atoms with Crippen molar-refractivity contribution in [2.24, 2.45) is 5.73 Å². The van der Waals surface area contributed by atoms with Crippen LogP contribution in [0.15, 0.2) is 30.5 Å². The molecule has 2 unspecified atom stereocenters. The van der Waals surface area contributed by atoms with Gasteiger partial charge in [0, 0.05) is 23.5 Å². The number of aromatic amines is 1. The minimum Gasteiger partial charge on any atom is -0.368 e. The number of aromatic nitrogens is 1. The van der Waals surface area contributed by atoms with Gasteiger partial charge >= 0.3 is 0 Å². The number of hydrogen-bond donors (Lipinski definition) is 6. The number of benzene rings is 1. The van der Waals surface area contributed by atoms with Crippen LogP contribution in [0, 0.1) is 0 Å². The summed E-state index contributed by atoms with van der Waals surface area (Å²) < 4.78 is 0. The lowest BCUT2D eigenvalue weighted by Crippen LogP contribution is -2.54. The largest absolute Gasteiger partial charge is 0.368 e. The molecule has 10 heteroatoms. The van der Waals surface area contributed by atoms with Gasteiger partial charge in [-0.15, -0.1) is 0 Å². The average Bonchev–Trinajstić information content (AvgIpc) is 3.16. The van der Waals surface area contributed by atoms with E-state index in [2.05, 4.69) is 26.3 Å². The van der Waals surface area contributed by atoms with Crippen LogP contribution in [-0.4, -0.2) is 61.3 Å². The highest BCUT2D eigenvalue weighted by Crippen LogP contribution is 2.19. The first kappa shape index (κ1) is 23.9. The minimum absolute atomic E-state index is 0.202. The van der Waals surface area contributed by atoms with Crippen LogP contribution in [0.25, 0.3) is 10.9 Å². The number of fused-ring (bicyclic) bond motifs is 1. The molecule has 0 radical (unpaired) electrons. The Morgan fingerprint density at radius 1 is 1.13 bits per heavy atom. The van der Waals surface area contributed by atoms with E-state index in [0.717, 1.165) is 29.4 Å². The van der Waals surface area contributed by atoms with E-state index in [0.29, 0.717) is 19.3 Å². The Hall–Kier alpha value is -3.40. The van der Waals surface area contributed by atoms with E-state index in [1.54, 1.807) is 6.20 Å². The van der Waals surface area contributed by atoms with Gasteiger partial charge in [-0.2, -0.15) is 0 Å². The average molecular weight is 431 g/mol. The normalized spacial score (nSPS) is 12.7. The van der Waals surface area contributed by atoms with Gasteiger partial charge in [0.1, 0.15) is 12.1 Å². The molecule has 0 spiro atoms. The number of primary amides is 1. The van der Waals surface area contributed by atoms with Crippen molar-refractivity contribution in [3.8, 4) is 0 Å². The van der Waals surface area contributed by atoms with E-state index in [1.807, 2.05) is 31.3 Å². The molecule has 0 saturated carbocycles. The molecule has 1 heterocycles. The summed E-state index contributed by atoms with van der Waals surface area (Å²) in [7, 11) is 1.84. The Morgan fingerprint density at radius 3 is 2.61 bits per heavy atom. The third-order valence-corrected chi connectivity index (χ3v) is 4.93. The van der Waals surface area contributed by atoms with Gasteiger partial charge in [0.2, 0.25) is 24.1 Å². The number of nitrogens with one attached hydrogen (secondary N) is 5. The topological polar surface area (TPSA) is 158 Å². The van der Waals surface area contributed by atoms with Crippen molar-refractivity contribution in [3.05, 3.63) is 36.0 Å². The van der Waals surface area contributed by atoms with Gasteiger partial charge in [0.25, 0.3) is 0 Å². The zero-order chi connectivity index (χ0) is 22.6. The molecule has 168 valence electrons. The zero-order valence-electron chi connectivity index (χ0n) is 17.6. The number of amides is 4. The van der Waals surface area contributed by atoms with Crippen LogP contribution in [0.4, 0.5) is 0 Å². The number of unbranched alkanes of at least 4 members (excludes halogenated alkanes) is 1. The SMILES string of the molecule is CNCCCCC(NC(=O)C(Cc1c[nH]c2ccccc12)NC(=O)CNC=O)C(N)=O. The highest BCUT2D eigenvalue weighted by atomic mass is 16.2. The fourth-order valence-electron chi connectivity index (χ4n) is 3.32. The van der Waals surface area contributed by atoms with Crippen LogP contribution in [0.5, 0.6) is 0 Å². The smallest absolute Gasteiger partial charge is 0.243 e. The highest BCUT2D eigenvalue weighted by molar-refractivity contribution is 5.93. The van der Waals surface area contributed by atoms with E-state index in [9.17, 15) is 19.2 Å². The second-order valence-electron chi connectivity index (χ2n) is 7.25. The van der Waals surface area contributed by atoms with Crippen LogP contribution in [-0.2, 0) is 25.6 Å². The molecular weight excluding hydrogens is 400 g/mol. The van der Waals surface area contributed by atoms with Crippen LogP contribution in [0.1, 0.15) is 24.8 Å². The maximum Gasteiger partial charge on any atom is 0.243 e. The zero-order valence-corrected chi connectivity index (χ0v) is 17.6. The third-order valence-electron chi connectivity index (χ3n) is 4.93. The van der Waals surface area contributed by atoms with Crippen LogP contribution in [0.2, 0.25) is 0 Å². The molecule has 1 aromatic carbocycles. The molecule has 0 aliphatic carbocycles. The molecule has 0 saturated heterocycles. The molecule has 0 aliphatic rings. The maximum absolute atomic E-state index is 13.0. The Labute approximate surface area is 180 Å². The lowest BCUT2D eigenvalue weighted by atomic mass is 10.0.